The Kier molecular flexibility index (Phi) is 5.27. The van der Waals surface area contributed by atoms with Crippen LogP contribution in [0.1, 0.15) is 45.7 Å². The van der Waals surface area contributed by atoms with Crippen LogP contribution in [0.2, 0.25) is 0 Å². The first kappa shape index (κ1) is 20.7. The Labute approximate surface area is 178 Å². The maximum Gasteiger partial charge on any atom is 0.271 e. The van der Waals surface area contributed by atoms with E-state index in [1.807, 2.05) is 13.8 Å². The number of carbonyl (C=O) groups is 2. The lowest BCUT2D eigenvalue weighted by Crippen LogP contribution is -2.35. The highest BCUT2D eigenvalue weighted by molar-refractivity contribution is 6.21. The molecule has 0 N–H and O–H groups in total. The summed E-state index contributed by atoms with van der Waals surface area (Å²) in [5.74, 6) is -1.02. The lowest BCUT2D eigenvalue weighted by molar-refractivity contribution is 0.0641. The first-order valence-corrected chi connectivity index (χ1v) is 10.1. The molecule has 0 radical (unpaired) electrons. The zero-order valence-corrected chi connectivity index (χ0v) is 17.6. The van der Waals surface area contributed by atoms with Crippen LogP contribution in [0.5, 0.6) is 0 Å². The van der Waals surface area contributed by atoms with Crippen LogP contribution < -0.4 is 5.56 Å². The second-order valence-electron chi connectivity index (χ2n) is 8.14. The van der Waals surface area contributed by atoms with E-state index >= 15 is 0 Å². The normalized spacial score (nSPS) is 13.3. The van der Waals surface area contributed by atoms with Crippen molar-refractivity contribution in [3.05, 3.63) is 87.0 Å². The highest BCUT2D eigenvalue weighted by Gasteiger charge is 2.35. The van der Waals surface area contributed by atoms with Gasteiger partial charge in [0.05, 0.1) is 23.4 Å². The van der Waals surface area contributed by atoms with Gasteiger partial charge in [-0.25, -0.2) is 9.07 Å². The van der Waals surface area contributed by atoms with Gasteiger partial charge in [0.1, 0.15) is 5.82 Å². The Morgan fingerprint density at radius 3 is 2.19 bits per heavy atom. The minimum absolute atomic E-state index is 0.154. The first-order chi connectivity index (χ1) is 14.8. The number of halogens is 1. The third kappa shape index (κ3) is 3.79. The first-order valence-electron chi connectivity index (χ1n) is 10.1. The number of imide groups is 1. The standard InChI is InChI=1S/C24H22FN3O3/c1-14(2)12-28-22(29)17(11-21(26-28)16-8-9-20(25)15(3)10-16)13-27-23(30)18-6-4-5-7-19(18)24(27)31/h4-11,14H,12-13H2,1-3H3. The van der Waals surface area contributed by atoms with E-state index in [0.29, 0.717) is 34.5 Å². The second kappa shape index (κ2) is 7.91. The summed E-state index contributed by atoms with van der Waals surface area (Å²) in [5, 5.41) is 4.46. The van der Waals surface area contributed by atoms with Gasteiger partial charge in [0.25, 0.3) is 17.4 Å². The summed E-state index contributed by atoms with van der Waals surface area (Å²) in [6, 6.07) is 12.8. The Morgan fingerprint density at radius 1 is 0.968 bits per heavy atom. The molecule has 2 aromatic carbocycles. The molecule has 0 aliphatic carbocycles. The third-order valence-corrected chi connectivity index (χ3v) is 5.25. The van der Waals surface area contributed by atoms with Crippen LogP contribution in [-0.4, -0.2) is 26.5 Å². The smallest absolute Gasteiger partial charge is 0.270 e. The van der Waals surface area contributed by atoms with Crippen LogP contribution >= 0.6 is 0 Å². The molecule has 0 spiro atoms. The zero-order valence-electron chi connectivity index (χ0n) is 17.6. The van der Waals surface area contributed by atoms with E-state index in [9.17, 15) is 18.8 Å². The van der Waals surface area contributed by atoms with E-state index in [1.165, 1.54) is 10.7 Å². The van der Waals surface area contributed by atoms with Crippen LogP contribution in [0.3, 0.4) is 0 Å². The summed E-state index contributed by atoms with van der Waals surface area (Å²) in [7, 11) is 0. The van der Waals surface area contributed by atoms with Gasteiger partial charge in [-0.15, -0.1) is 0 Å². The van der Waals surface area contributed by atoms with Gasteiger partial charge in [0, 0.05) is 17.7 Å². The lowest BCUT2D eigenvalue weighted by atomic mass is 10.1. The molecule has 3 aromatic rings. The molecule has 2 amide bonds. The molecule has 1 aliphatic heterocycles. The zero-order chi connectivity index (χ0) is 22.3. The quantitative estimate of drug-likeness (QED) is 0.590. The van der Waals surface area contributed by atoms with Crippen LogP contribution in [-0.2, 0) is 13.1 Å². The molecule has 0 unspecified atom stereocenters. The summed E-state index contributed by atoms with van der Waals surface area (Å²) in [4.78, 5) is 39.7. The third-order valence-electron chi connectivity index (χ3n) is 5.25. The van der Waals surface area contributed by atoms with Crippen molar-refractivity contribution in [3.8, 4) is 11.3 Å². The molecule has 7 heteroatoms. The SMILES string of the molecule is Cc1cc(-c2cc(CN3C(=O)c4ccccc4C3=O)c(=O)n(CC(C)C)n2)ccc1F. The number of carbonyl (C=O) groups excluding carboxylic acids is 2. The van der Waals surface area contributed by atoms with Gasteiger partial charge in [-0.1, -0.05) is 26.0 Å². The average molecular weight is 419 g/mol. The van der Waals surface area contributed by atoms with Crippen LogP contribution in [0, 0.1) is 18.7 Å². The second-order valence-corrected chi connectivity index (χ2v) is 8.14. The van der Waals surface area contributed by atoms with Crippen molar-refractivity contribution in [1.29, 1.82) is 0 Å². The average Bonchev–Trinajstić information content (AvgIpc) is 2.97. The van der Waals surface area contributed by atoms with E-state index in [0.717, 1.165) is 4.90 Å². The number of rotatable bonds is 5. The fourth-order valence-electron chi connectivity index (χ4n) is 3.68. The Bertz CT molecular complexity index is 1230. The maximum absolute atomic E-state index is 13.7. The van der Waals surface area contributed by atoms with E-state index in [2.05, 4.69) is 5.10 Å². The molecule has 0 atom stereocenters. The minimum atomic E-state index is -0.425. The number of aromatic nitrogens is 2. The van der Waals surface area contributed by atoms with E-state index < -0.39 is 11.8 Å². The van der Waals surface area contributed by atoms with Crippen molar-refractivity contribution in [2.24, 2.45) is 5.92 Å². The molecule has 1 aliphatic rings. The predicted molar refractivity (Wildman–Crippen MR) is 114 cm³/mol. The van der Waals surface area contributed by atoms with Gasteiger partial charge in [-0.05, 0) is 54.8 Å². The number of amides is 2. The van der Waals surface area contributed by atoms with E-state index in [-0.39, 0.29) is 29.4 Å². The number of nitrogens with zero attached hydrogens (tertiary/aromatic N) is 3. The Balaban J connectivity index is 1.78. The van der Waals surface area contributed by atoms with Gasteiger partial charge in [-0.3, -0.25) is 19.3 Å². The highest BCUT2D eigenvalue weighted by Crippen LogP contribution is 2.25. The molecular formula is C24H22FN3O3. The van der Waals surface area contributed by atoms with E-state index in [4.69, 9.17) is 0 Å². The number of hydrogen-bond donors (Lipinski definition) is 0. The molecule has 31 heavy (non-hydrogen) atoms. The van der Waals surface area contributed by atoms with Crippen LogP contribution in [0.25, 0.3) is 11.3 Å². The molecule has 1 aromatic heterocycles. The van der Waals surface area contributed by atoms with Crippen LogP contribution in [0.15, 0.2) is 53.3 Å². The largest absolute Gasteiger partial charge is 0.271 e. The van der Waals surface area contributed by atoms with Crippen molar-refractivity contribution in [2.75, 3.05) is 0 Å². The molecular weight excluding hydrogens is 397 g/mol. The topological polar surface area (TPSA) is 72.3 Å². The summed E-state index contributed by atoms with van der Waals surface area (Å²) >= 11 is 0. The maximum atomic E-state index is 13.7. The van der Waals surface area contributed by atoms with Gasteiger partial charge in [0.2, 0.25) is 0 Å². The van der Waals surface area contributed by atoms with Crippen molar-refractivity contribution in [3.63, 3.8) is 0 Å². The van der Waals surface area contributed by atoms with Crippen molar-refractivity contribution < 1.29 is 14.0 Å². The lowest BCUT2D eigenvalue weighted by Gasteiger charge is -2.17. The summed E-state index contributed by atoms with van der Waals surface area (Å²) in [5.41, 5.74) is 2.18. The highest BCUT2D eigenvalue weighted by atomic mass is 19.1. The van der Waals surface area contributed by atoms with Crippen molar-refractivity contribution in [1.82, 2.24) is 14.7 Å². The van der Waals surface area contributed by atoms with Gasteiger partial charge in [0.15, 0.2) is 0 Å². The van der Waals surface area contributed by atoms with Gasteiger partial charge < -0.3 is 0 Å². The fourth-order valence-corrected chi connectivity index (χ4v) is 3.68. The number of fused-ring (bicyclic) bond motifs is 1. The minimum Gasteiger partial charge on any atom is -0.270 e. The predicted octanol–water partition coefficient (Wildman–Crippen LogP) is 3.81. The Hall–Kier alpha value is -3.61. The van der Waals surface area contributed by atoms with Crippen LogP contribution in [0.4, 0.5) is 4.39 Å². The van der Waals surface area contributed by atoms with Crippen molar-refractivity contribution in [2.45, 2.75) is 33.9 Å². The molecule has 6 nitrogen and oxygen atoms in total. The molecule has 2 heterocycles. The molecule has 4 rings (SSSR count). The van der Waals surface area contributed by atoms with Gasteiger partial charge >= 0.3 is 0 Å². The van der Waals surface area contributed by atoms with Gasteiger partial charge in [-0.2, -0.15) is 5.10 Å². The number of hydrogen-bond acceptors (Lipinski definition) is 4. The molecule has 0 fully saturated rings. The summed E-state index contributed by atoms with van der Waals surface area (Å²) in [6.07, 6.45) is 0. The fraction of sp³-hybridized carbons (Fsp3) is 0.250. The number of aryl methyl sites for hydroxylation is 1. The molecule has 0 bridgehead atoms. The summed E-state index contributed by atoms with van der Waals surface area (Å²) < 4.78 is 15.1. The summed E-state index contributed by atoms with van der Waals surface area (Å²) in [6.45, 7) is 5.81. The van der Waals surface area contributed by atoms with E-state index in [1.54, 1.807) is 49.4 Å². The monoisotopic (exact) mass is 419 g/mol. The number of benzene rings is 2. The van der Waals surface area contributed by atoms with Crippen molar-refractivity contribution >= 4 is 11.8 Å². The molecule has 158 valence electrons. The molecule has 0 saturated carbocycles. The molecule has 0 saturated heterocycles. The Morgan fingerprint density at radius 2 is 1.61 bits per heavy atom.